The molecule has 0 bridgehead atoms. The first-order chi connectivity index (χ1) is 14.1. The average molecular weight is 388 g/mol. The molecule has 8 heteroatoms. The first-order valence-corrected chi connectivity index (χ1v) is 9.29. The number of benzene rings is 2. The SMILES string of the molecule is CCc1cccc(NC(=O)Cn2nc3nc(Nc4ccccc4)ccn3c2=O)c1. The van der Waals surface area contributed by atoms with Crippen molar-refractivity contribution in [2.24, 2.45) is 0 Å². The number of aryl methyl sites for hydroxylation is 1. The highest BCUT2D eigenvalue weighted by molar-refractivity contribution is 5.90. The molecular formula is C21H20N6O2. The van der Waals surface area contributed by atoms with Gasteiger partial charge in [0.1, 0.15) is 12.4 Å². The van der Waals surface area contributed by atoms with Gasteiger partial charge in [0.2, 0.25) is 5.91 Å². The number of aromatic nitrogens is 4. The fourth-order valence-electron chi connectivity index (χ4n) is 2.95. The van der Waals surface area contributed by atoms with Crippen molar-refractivity contribution in [3.63, 3.8) is 0 Å². The lowest BCUT2D eigenvalue weighted by atomic mass is 10.1. The summed E-state index contributed by atoms with van der Waals surface area (Å²) in [5.74, 6) is 0.449. The van der Waals surface area contributed by atoms with Crippen LogP contribution in [-0.4, -0.2) is 25.1 Å². The predicted molar refractivity (Wildman–Crippen MR) is 111 cm³/mol. The van der Waals surface area contributed by atoms with Crippen LogP contribution in [0.5, 0.6) is 0 Å². The lowest BCUT2D eigenvalue weighted by Gasteiger charge is -2.06. The number of nitrogens with one attached hydrogen (secondary N) is 2. The maximum atomic E-state index is 12.5. The van der Waals surface area contributed by atoms with Gasteiger partial charge in [-0.15, -0.1) is 5.10 Å². The fourth-order valence-corrected chi connectivity index (χ4v) is 2.95. The Labute approximate surface area is 166 Å². The molecule has 0 aliphatic heterocycles. The normalized spacial score (nSPS) is 10.8. The summed E-state index contributed by atoms with van der Waals surface area (Å²) in [4.78, 5) is 29.2. The van der Waals surface area contributed by atoms with Crippen molar-refractivity contribution < 1.29 is 4.79 Å². The Morgan fingerprint density at radius 1 is 1.03 bits per heavy atom. The first kappa shape index (κ1) is 18.4. The molecule has 4 rings (SSSR count). The van der Waals surface area contributed by atoms with Crippen LogP contribution in [0, 0.1) is 0 Å². The van der Waals surface area contributed by atoms with Crippen LogP contribution in [0.15, 0.2) is 71.7 Å². The number of carbonyl (C=O) groups is 1. The third kappa shape index (κ3) is 4.16. The molecule has 2 N–H and O–H groups in total. The average Bonchev–Trinajstić information content (AvgIpc) is 3.03. The Balaban J connectivity index is 1.52. The van der Waals surface area contributed by atoms with Gasteiger partial charge in [-0.1, -0.05) is 37.3 Å². The van der Waals surface area contributed by atoms with Gasteiger partial charge in [0.05, 0.1) is 0 Å². The first-order valence-electron chi connectivity index (χ1n) is 9.29. The molecule has 0 unspecified atom stereocenters. The number of amides is 1. The summed E-state index contributed by atoms with van der Waals surface area (Å²) >= 11 is 0. The number of carbonyl (C=O) groups excluding carboxylic acids is 1. The van der Waals surface area contributed by atoms with Gasteiger partial charge in [-0.3, -0.25) is 4.79 Å². The Morgan fingerprint density at radius 3 is 2.62 bits per heavy atom. The zero-order valence-corrected chi connectivity index (χ0v) is 15.9. The van der Waals surface area contributed by atoms with Gasteiger partial charge in [0.15, 0.2) is 0 Å². The van der Waals surface area contributed by atoms with E-state index >= 15 is 0 Å². The van der Waals surface area contributed by atoms with Crippen LogP contribution in [0.2, 0.25) is 0 Å². The third-order valence-corrected chi connectivity index (χ3v) is 4.41. The Kier molecular flexibility index (Phi) is 5.07. The second kappa shape index (κ2) is 7.97. The standard InChI is InChI=1S/C21H20N6O2/c1-2-15-7-6-10-17(13-15)23-19(28)14-27-21(29)26-12-11-18(24-20(26)25-27)22-16-8-4-3-5-9-16/h3-13H,2,14H2,1H3,(H,23,28)(H,22,24,25). The molecule has 146 valence electrons. The van der Waals surface area contributed by atoms with Gasteiger partial charge >= 0.3 is 5.69 Å². The summed E-state index contributed by atoms with van der Waals surface area (Å²) in [6, 6.07) is 18.9. The van der Waals surface area contributed by atoms with Crippen LogP contribution in [-0.2, 0) is 17.8 Å². The van der Waals surface area contributed by atoms with E-state index in [1.54, 1.807) is 12.3 Å². The number of nitrogens with zero attached hydrogens (tertiary/aromatic N) is 4. The second-order valence-electron chi connectivity index (χ2n) is 6.52. The van der Waals surface area contributed by atoms with E-state index in [4.69, 9.17) is 0 Å². The largest absolute Gasteiger partial charge is 0.352 e. The van der Waals surface area contributed by atoms with Gasteiger partial charge < -0.3 is 10.6 Å². The number of rotatable bonds is 6. The van der Waals surface area contributed by atoms with Crippen LogP contribution in [0.4, 0.5) is 17.2 Å². The highest BCUT2D eigenvalue weighted by atomic mass is 16.2. The predicted octanol–water partition coefficient (Wildman–Crippen LogP) is 2.84. The Morgan fingerprint density at radius 2 is 1.83 bits per heavy atom. The highest BCUT2D eigenvalue weighted by Crippen LogP contribution is 2.14. The summed E-state index contributed by atoms with van der Waals surface area (Å²) in [6.45, 7) is 1.85. The van der Waals surface area contributed by atoms with Gasteiger partial charge in [0.25, 0.3) is 5.78 Å². The van der Waals surface area contributed by atoms with E-state index in [2.05, 4.69) is 20.7 Å². The zero-order valence-electron chi connectivity index (χ0n) is 15.9. The molecule has 0 atom stereocenters. The highest BCUT2D eigenvalue weighted by Gasteiger charge is 2.12. The number of fused-ring (bicyclic) bond motifs is 1. The molecule has 2 heterocycles. The lowest BCUT2D eigenvalue weighted by molar-refractivity contribution is -0.117. The van der Waals surface area contributed by atoms with Crippen molar-refractivity contribution in [3.05, 3.63) is 82.9 Å². The zero-order chi connectivity index (χ0) is 20.2. The van der Waals surface area contributed by atoms with E-state index in [1.165, 1.54) is 4.40 Å². The number of para-hydroxylation sites is 1. The quantitative estimate of drug-likeness (QED) is 0.530. The van der Waals surface area contributed by atoms with E-state index in [-0.39, 0.29) is 18.2 Å². The molecule has 1 amide bonds. The van der Waals surface area contributed by atoms with Crippen molar-refractivity contribution in [2.45, 2.75) is 19.9 Å². The molecule has 2 aromatic heterocycles. The molecule has 0 saturated carbocycles. The van der Waals surface area contributed by atoms with E-state index in [0.717, 1.165) is 22.4 Å². The summed E-state index contributed by atoms with van der Waals surface area (Å²) in [5.41, 5.74) is 2.27. The van der Waals surface area contributed by atoms with E-state index in [9.17, 15) is 9.59 Å². The molecule has 0 aliphatic rings. The Hall–Kier alpha value is -3.94. The summed E-state index contributed by atoms with van der Waals surface area (Å²) in [5, 5.41) is 10.1. The van der Waals surface area contributed by atoms with Crippen molar-refractivity contribution in [1.29, 1.82) is 0 Å². The maximum Gasteiger partial charge on any atom is 0.352 e. The number of hydrogen-bond acceptors (Lipinski definition) is 5. The molecule has 4 aromatic rings. The molecule has 8 nitrogen and oxygen atoms in total. The number of anilines is 3. The van der Waals surface area contributed by atoms with Gasteiger partial charge in [-0.25, -0.2) is 13.9 Å². The fraction of sp³-hybridized carbons (Fsp3) is 0.143. The smallest absolute Gasteiger partial charge is 0.340 e. The lowest BCUT2D eigenvalue weighted by Crippen LogP contribution is -2.28. The van der Waals surface area contributed by atoms with Crippen LogP contribution in [0.1, 0.15) is 12.5 Å². The summed E-state index contributed by atoms with van der Waals surface area (Å²) in [7, 11) is 0. The summed E-state index contributed by atoms with van der Waals surface area (Å²) in [6.07, 6.45) is 2.46. The maximum absolute atomic E-state index is 12.5. The van der Waals surface area contributed by atoms with Gasteiger partial charge in [-0.2, -0.15) is 4.98 Å². The Bertz CT molecular complexity index is 1210. The van der Waals surface area contributed by atoms with Crippen LogP contribution >= 0.6 is 0 Å². The van der Waals surface area contributed by atoms with Crippen LogP contribution in [0.25, 0.3) is 5.78 Å². The molecule has 0 radical (unpaired) electrons. The van der Waals surface area contributed by atoms with Crippen molar-refractivity contribution in [2.75, 3.05) is 10.6 Å². The summed E-state index contributed by atoms with van der Waals surface area (Å²) < 4.78 is 2.41. The molecule has 0 fully saturated rings. The minimum Gasteiger partial charge on any atom is -0.340 e. The van der Waals surface area contributed by atoms with Crippen molar-refractivity contribution in [1.82, 2.24) is 19.2 Å². The third-order valence-electron chi connectivity index (χ3n) is 4.41. The van der Waals surface area contributed by atoms with E-state index < -0.39 is 5.69 Å². The molecule has 0 saturated heterocycles. The molecule has 2 aromatic carbocycles. The second-order valence-corrected chi connectivity index (χ2v) is 6.52. The number of hydrogen-bond donors (Lipinski definition) is 2. The minimum atomic E-state index is -0.420. The molecule has 29 heavy (non-hydrogen) atoms. The van der Waals surface area contributed by atoms with Crippen LogP contribution in [0.3, 0.4) is 0 Å². The van der Waals surface area contributed by atoms with Crippen molar-refractivity contribution >= 4 is 28.9 Å². The van der Waals surface area contributed by atoms with E-state index in [1.807, 2.05) is 61.5 Å². The van der Waals surface area contributed by atoms with Gasteiger partial charge in [-0.05, 0) is 42.3 Å². The topological polar surface area (TPSA) is 93.3 Å². The molecule has 0 spiro atoms. The van der Waals surface area contributed by atoms with Crippen molar-refractivity contribution in [3.8, 4) is 0 Å². The molecular weight excluding hydrogens is 368 g/mol. The monoisotopic (exact) mass is 388 g/mol. The minimum absolute atomic E-state index is 0.194. The van der Waals surface area contributed by atoms with Gasteiger partial charge in [0, 0.05) is 17.6 Å². The van der Waals surface area contributed by atoms with Crippen LogP contribution < -0.4 is 16.3 Å². The molecule has 0 aliphatic carbocycles. The van der Waals surface area contributed by atoms with E-state index in [0.29, 0.717) is 11.5 Å².